The van der Waals surface area contributed by atoms with Crippen LogP contribution in [-0.4, -0.2) is 36.5 Å². The quantitative estimate of drug-likeness (QED) is 0.833. The Morgan fingerprint density at radius 1 is 1.46 bits per heavy atom. The van der Waals surface area contributed by atoms with Gasteiger partial charge < -0.3 is 10.1 Å². The number of nitrogens with zero attached hydrogens (tertiary/aromatic N) is 2. The number of nitriles is 1. The van der Waals surface area contributed by atoms with E-state index in [0.29, 0.717) is 25.9 Å². The zero-order chi connectivity index (χ0) is 17.6. The van der Waals surface area contributed by atoms with E-state index in [1.165, 1.54) is 13.2 Å². The Balaban J connectivity index is 1.95. The largest absolute Gasteiger partial charge is 0.494 e. The highest BCUT2D eigenvalue weighted by atomic mass is 19.1. The lowest BCUT2D eigenvalue weighted by molar-refractivity contribution is -0.123. The smallest absolute Gasteiger partial charge is 0.235 e. The zero-order valence-corrected chi connectivity index (χ0v) is 14.3. The number of halogens is 1. The fourth-order valence-corrected chi connectivity index (χ4v) is 3.10. The molecule has 0 aromatic heterocycles. The maximum atomic E-state index is 13.8. The molecule has 0 spiro atoms. The topological polar surface area (TPSA) is 65.4 Å². The van der Waals surface area contributed by atoms with Crippen molar-refractivity contribution in [3.63, 3.8) is 0 Å². The summed E-state index contributed by atoms with van der Waals surface area (Å²) in [5.41, 5.74) is 0.0710. The fourth-order valence-electron chi connectivity index (χ4n) is 3.10. The van der Waals surface area contributed by atoms with Crippen LogP contribution in [0.25, 0.3) is 0 Å². The highest BCUT2D eigenvalue weighted by Gasteiger charge is 2.35. The van der Waals surface area contributed by atoms with Gasteiger partial charge in [0.2, 0.25) is 5.91 Å². The standard InChI is InChI=1S/C18H24FN3O2/c1-3-22(11-14-6-7-16(24-2)15(19)10-14)12-17(23)21-18(13-20)8-4-5-9-18/h6-7,10H,3-5,8-9,11-12H2,1-2H3,(H,21,23). The first kappa shape index (κ1) is 18.2. The predicted molar refractivity (Wildman–Crippen MR) is 88.9 cm³/mol. The van der Waals surface area contributed by atoms with Crippen LogP contribution in [0.3, 0.4) is 0 Å². The van der Waals surface area contributed by atoms with Crippen LogP contribution in [0.1, 0.15) is 38.2 Å². The average Bonchev–Trinajstić information content (AvgIpc) is 3.03. The maximum absolute atomic E-state index is 13.8. The highest BCUT2D eigenvalue weighted by molar-refractivity contribution is 5.79. The molecule has 24 heavy (non-hydrogen) atoms. The molecule has 1 saturated carbocycles. The van der Waals surface area contributed by atoms with Crippen molar-refractivity contribution >= 4 is 5.91 Å². The second-order valence-corrected chi connectivity index (χ2v) is 6.22. The third-order valence-electron chi connectivity index (χ3n) is 4.49. The van der Waals surface area contributed by atoms with Gasteiger partial charge in [0, 0.05) is 6.54 Å². The van der Waals surface area contributed by atoms with Gasteiger partial charge in [-0.2, -0.15) is 5.26 Å². The van der Waals surface area contributed by atoms with Crippen LogP contribution in [-0.2, 0) is 11.3 Å². The minimum absolute atomic E-state index is 0.158. The van der Waals surface area contributed by atoms with Crippen LogP contribution in [0, 0.1) is 17.1 Å². The molecule has 1 N–H and O–H groups in total. The Bertz CT molecular complexity index is 621. The van der Waals surface area contributed by atoms with Crippen molar-refractivity contribution in [2.75, 3.05) is 20.2 Å². The lowest BCUT2D eigenvalue weighted by Gasteiger charge is -2.25. The molecule has 5 nitrogen and oxygen atoms in total. The molecule has 1 aromatic rings. The normalized spacial score (nSPS) is 16.0. The van der Waals surface area contributed by atoms with Crippen LogP contribution in [0.4, 0.5) is 4.39 Å². The molecular weight excluding hydrogens is 309 g/mol. The van der Waals surface area contributed by atoms with E-state index >= 15 is 0 Å². The molecule has 130 valence electrons. The molecule has 0 unspecified atom stereocenters. The molecule has 6 heteroatoms. The van der Waals surface area contributed by atoms with Gasteiger partial charge in [-0.1, -0.05) is 13.0 Å². The van der Waals surface area contributed by atoms with E-state index in [1.54, 1.807) is 12.1 Å². The number of ether oxygens (including phenoxy) is 1. The average molecular weight is 333 g/mol. The molecule has 1 amide bonds. The van der Waals surface area contributed by atoms with Crippen molar-refractivity contribution in [2.45, 2.75) is 44.7 Å². The molecule has 2 rings (SSSR count). The Kier molecular flexibility index (Phi) is 6.16. The number of hydrogen-bond acceptors (Lipinski definition) is 4. The second kappa shape index (κ2) is 8.11. The number of hydrogen-bond donors (Lipinski definition) is 1. The number of nitrogens with one attached hydrogen (secondary N) is 1. The maximum Gasteiger partial charge on any atom is 0.235 e. The molecule has 0 saturated heterocycles. The van der Waals surface area contributed by atoms with Gasteiger partial charge in [0.25, 0.3) is 0 Å². The number of methoxy groups -OCH3 is 1. The molecule has 1 aliphatic carbocycles. The summed E-state index contributed by atoms with van der Waals surface area (Å²) in [6, 6.07) is 7.05. The van der Waals surface area contributed by atoms with E-state index in [0.717, 1.165) is 18.4 Å². The first-order chi connectivity index (χ1) is 11.5. The summed E-state index contributed by atoms with van der Waals surface area (Å²) >= 11 is 0. The van der Waals surface area contributed by atoms with E-state index in [2.05, 4.69) is 11.4 Å². The number of likely N-dealkylation sites (N-methyl/N-ethyl adjacent to an activating group) is 1. The van der Waals surface area contributed by atoms with E-state index < -0.39 is 11.4 Å². The molecule has 0 aliphatic heterocycles. The number of rotatable bonds is 7. The third kappa shape index (κ3) is 4.45. The van der Waals surface area contributed by atoms with Crippen molar-refractivity contribution in [1.29, 1.82) is 5.26 Å². The van der Waals surface area contributed by atoms with Crippen LogP contribution in [0.2, 0.25) is 0 Å². The van der Waals surface area contributed by atoms with Crippen LogP contribution in [0.5, 0.6) is 5.75 Å². The van der Waals surface area contributed by atoms with Gasteiger partial charge in [0.05, 0.1) is 19.7 Å². The van der Waals surface area contributed by atoms with E-state index in [-0.39, 0.29) is 18.2 Å². The number of benzene rings is 1. The van der Waals surface area contributed by atoms with Crippen LogP contribution < -0.4 is 10.1 Å². The summed E-state index contributed by atoms with van der Waals surface area (Å²) in [5, 5.41) is 12.2. The molecular formula is C18H24FN3O2. The monoisotopic (exact) mass is 333 g/mol. The summed E-state index contributed by atoms with van der Waals surface area (Å²) in [6.07, 6.45) is 3.36. The predicted octanol–water partition coefficient (Wildman–Crippen LogP) is 2.61. The van der Waals surface area contributed by atoms with Gasteiger partial charge in [0.1, 0.15) is 5.54 Å². The van der Waals surface area contributed by atoms with Gasteiger partial charge in [-0.15, -0.1) is 0 Å². The first-order valence-corrected chi connectivity index (χ1v) is 8.29. The summed E-state index contributed by atoms with van der Waals surface area (Å²) in [7, 11) is 1.43. The molecule has 0 bridgehead atoms. The molecule has 1 aliphatic rings. The number of amides is 1. The summed E-state index contributed by atoms with van der Waals surface area (Å²) in [6.45, 7) is 3.25. The van der Waals surface area contributed by atoms with Gasteiger partial charge >= 0.3 is 0 Å². The Hall–Kier alpha value is -2.13. The fraction of sp³-hybridized carbons (Fsp3) is 0.556. The van der Waals surface area contributed by atoms with Crippen molar-refractivity contribution in [2.24, 2.45) is 0 Å². The molecule has 0 atom stereocenters. The molecule has 1 aromatic carbocycles. The Labute approximate surface area is 142 Å². The zero-order valence-electron chi connectivity index (χ0n) is 14.3. The second-order valence-electron chi connectivity index (χ2n) is 6.22. The number of carbonyl (C=O) groups excluding carboxylic acids is 1. The van der Waals surface area contributed by atoms with E-state index in [4.69, 9.17) is 4.74 Å². The summed E-state index contributed by atoms with van der Waals surface area (Å²) in [5.74, 6) is -0.365. The Morgan fingerprint density at radius 2 is 2.17 bits per heavy atom. The Morgan fingerprint density at radius 3 is 2.71 bits per heavy atom. The third-order valence-corrected chi connectivity index (χ3v) is 4.49. The summed E-state index contributed by atoms with van der Waals surface area (Å²) in [4.78, 5) is 14.2. The molecule has 0 radical (unpaired) electrons. The SMILES string of the molecule is CCN(CC(=O)NC1(C#N)CCCC1)Cc1ccc(OC)c(F)c1. The van der Waals surface area contributed by atoms with Gasteiger partial charge in [-0.05, 0) is 49.9 Å². The minimum Gasteiger partial charge on any atom is -0.494 e. The van der Waals surface area contributed by atoms with Crippen molar-refractivity contribution in [3.8, 4) is 11.8 Å². The first-order valence-electron chi connectivity index (χ1n) is 8.29. The molecule has 0 heterocycles. The minimum atomic E-state index is -0.706. The van der Waals surface area contributed by atoms with Gasteiger partial charge in [0.15, 0.2) is 11.6 Å². The summed E-state index contributed by atoms with van der Waals surface area (Å²) < 4.78 is 18.7. The van der Waals surface area contributed by atoms with Crippen LogP contribution >= 0.6 is 0 Å². The van der Waals surface area contributed by atoms with E-state index in [1.807, 2.05) is 11.8 Å². The lowest BCUT2D eigenvalue weighted by atomic mass is 10.00. The lowest BCUT2D eigenvalue weighted by Crippen LogP contribution is -2.48. The highest BCUT2D eigenvalue weighted by Crippen LogP contribution is 2.28. The van der Waals surface area contributed by atoms with Gasteiger partial charge in [-0.3, -0.25) is 9.69 Å². The molecule has 1 fully saturated rings. The van der Waals surface area contributed by atoms with Gasteiger partial charge in [-0.25, -0.2) is 4.39 Å². The van der Waals surface area contributed by atoms with E-state index in [9.17, 15) is 14.4 Å². The van der Waals surface area contributed by atoms with Crippen LogP contribution in [0.15, 0.2) is 18.2 Å². The van der Waals surface area contributed by atoms with Crippen molar-refractivity contribution in [1.82, 2.24) is 10.2 Å². The van der Waals surface area contributed by atoms with Crippen molar-refractivity contribution < 1.29 is 13.9 Å². The van der Waals surface area contributed by atoms with Crippen molar-refractivity contribution in [3.05, 3.63) is 29.6 Å². The number of carbonyl (C=O) groups is 1.